The van der Waals surface area contributed by atoms with E-state index in [-0.39, 0.29) is 11.5 Å². The van der Waals surface area contributed by atoms with E-state index in [2.05, 4.69) is 10.3 Å². The molecule has 1 aromatic heterocycles. The monoisotopic (exact) mass is 345 g/mol. The van der Waals surface area contributed by atoms with Gasteiger partial charge in [-0.25, -0.2) is 0 Å². The van der Waals surface area contributed by atoms with E-state index < -0.39 is 0 Å². The largest absolute Gasteiger partial charge is 0.375 e. The van der Waals surface area contributed by atoms with Crippen molar-refractivity contribution < 1.29 is 9.53 Å². The highest BCUT2D eigenvalue weighted by molar-refractivity contribution is 7.71. The first kappa shape index (κ1) is 15.5. The van der Waals surface area contributed by atoms with Crippen molar-refractivity contribution in [2.45, 2.75) is 31.5 Å². The third-order valence-electron chi connectivity index (χ3n) is 5.12. The number of fused-ring (bicyclic) bond motifs is 3. The van der Waals surface area contributed by atoms with Gasteiger partial charge >= 0.3 is 0 Å². The summed E-state index contributed by atoms with van der Waals surface area (Å²) < 4.78 is 7.53. The number of rotatable bonds is 3. The fraction of sp³-hybridized carbons (Fsp3) is 0.471. The number of aromatic nitrogens is 2. The van der Waals surface area contributed by atoms with Gasteiger partial charge in [0.1, 0.15) is 0 Å². The number of hydrogen-bond donors (Lipinski definition) is 2. The summed E-state index contributed by atoms with van der Waals surface area (Å²) in [4.78, 5) is 27.6. The molecule has 2 aliphatic heterocycles. The second-order valence-electron chi connectivity index (χ2n) is 6.63. The first-order chi connectivity index (χ1) is 11.5. The molecule has 6 nitrogen and oxygen atoms in total. The Hall–Kier alpha value is -1.99. The molecule has 4 rings (SSSR count). The van der Waals surface area contributed by atoms with Crippen LogP contribution in [-0.2, 0) is 11.8 Å². The van der Waals surface area contributed by atoms with Gasteiger partial charge in [0.05, 0.1) is 23.1 Å². The lowest BCUT2D eigenvalue weighted by atomic mass is 9.89. The Labute approximate surface area is 143 Å². The molecule has 0 saturated carbocycles. The number of aromatic amines is 1. The zero-order chi connectivity index (χ0) is 16.8. The number of H-pyrrole nitrogens is 1. The van der Waals surface area contributed by atoms with E-state index in [9.17, 15) is 9.59 Å². The lowest BCUT2D eigenvalue weighted by Gasteiger charge is -2.18. The summed E-state index contributed by atoms with van der Waals surface area (Å²) in [6.45, 7) is 0.630. The van der Waals surface area contributed by atoms with Crippen molar-refractivity contribution in [2.24, 2.45) is 13.0 Å². The molecule has 7 heteroatoms. The molecule has 2 saturated heterocycles. The van der Waals surface area contributed by atoms with Crippen LogP contribution in [0.5, 0.6) is 0 Å². The smallest absolute Gasteiger partial charge is 0.261 e. The van der Waals surface area contributed by atoms with Crippen LogP contribution in [-0.4, -0.2) is 34.2 Å². The van der Waals surface area contributed by atoms with Gasteiger partial charge < -0.3 is 15.0 Å². The maximum absolute atomic E-state index is 12.4. The molecule has 0 spiro atoms. The maximum atomic E-state index is 12.4. The predicted molar refractivity (Wildman–Crippen MR) is 92.7 cm³/mol. The molecule has 1 aromatic carbocycles. The van der Waals surface area contributed by atoms with Crippen molar-refractivity contribution >= 4 is 29.0 Å². The summed E-state index contributed by atoms with van der Waals surface area (Å²) in [5.74, 6) is 0.269. The average molecular weight is 345 g/mol. The number of carbonyl (C=O) groups is 1. The maximum Gasteiger partial charge on any atom is 0.261 e. The Balaban J connectivity index is 1.53. The molecule has 2 bridgehead atoms. The van der Waals surface area contributed by atoms with Crippen LogP contribution < -0.4 is 10.9 Å². The Kier molecular flexibility index (Phi) is 3.77. The number of benzene rings is 1. The van der Waals surface area contributed by atoms with E-state index in [1.807, 2.05) is 0 Å². The van der Waals surface area contributed by atoms with E-state index in [1.165, 1.54) is 4.57 Å². The number of hydrogen-bond acceptors (Lipinski definition) is 4. The Morgan fingerprint density at radius 1 is 1.46 bits per heavy atom. The summed E-state index contributed by atoms with van der Waals surface area (Å²) in [7, 11) is 1.62. The molecule has 24 heavy (non-hydrogen) atoms. The van der Waals surface area contributed by atoms with Gasteiger partial charge in [-0.05, 0) is 49.7 Å². The molecule has 2 fully saturated rings. The van der Waals surface area contributed by atoms with E-state index in [4.69, 9.17) is 17.0 Å². The topological polar surface area (TPSA) is 76.1 Å². The first-order valence-electron chi connectivity index (χ1n) is 8.19. The van der Waals surface area contributed by atoms with E-state index in [1.54, 1.807) is 25.2 Å². The van der Waals surface area contributed by atoms with Gasteiger partial charge in [-0.15, -0.1) is 0 Å². The molecule has 3 heterocycles. The zero-order valence-electron chi connectivity index (χ0n) is 13.4. The van der Waals surface area contributed by atoms with E-state index in [0.29, 0.717) is 45.9 Å². The minimum atomic E-state index is -0.167. The number of amides is 1. The van der Waals surface area contributed by atoms with Crippen LogP contribution >= 0.6 is 12.2 Å². The number of ether oxygens (including phenoxy) is 1. The zero-order valence-corrected chi connectivity index (χ0v) is 14.2. The SMILES string of the molecule is Cn1c(=S)[nH]c2cc(C(=O)NCC3CC4CCC3O4)ccc2c1=O. The molecule has 0 aliphatic carbocycles. The number of nitrogens with one attached hydrogen (secondary N) is 2. The highest BCUT2D eigenvalue weighted by Crippen LogP contribution is 2.38. The molecule has 126 valence electrons. The van der Waals surface area contributed by atoms with Crippen LogP contribution in [0.25, 0.3) is 10.9 Å². The Bertz CT molecular complexity index is 933. The molecular weight excluding hydrogens is 326 g/mol. The fourth-order valence-corrected chi connectivity index (χ4v) is 3.92. The van der Waals surface area contributed by atoms with Crippen LogP contribution in [0.2, 0.25) is 0 Å². The van der Waals surface area contributed by atoms with Gasteiger partial charge in [0.2, 0.25) is 0 Å². The number of carbonyl (C=O) groups excluding carboxylic acids is 1. The normalized spacial score (nSPS) is 25.3. The van der Waals surface area contributed by atoms with Crippen molar-refractivity contribution in [2.75, 3.05) is 6.54 Å². The van der Waals surface area contributed by atoms with Crippen LogP contribution in [0.1, 0.15) is 29.6 Å². The van der Waals surface area contributed by atoms with Gasteiger partial charge in [-0.1, -0.05) is 0 Å². The second kappa shape index (κ2) is 5.82. The van der Waals surface area contributed by atoms with Crippen LogP contribution in [0.4, 0.5) is 0 Å². The summed E-state index contributed by atoms with van der Waals surface area (Å²) >= 11 is 5.12. The molecule has 2 aliphatic rings. The van der Waals surface area contributed by atoms with Crippen LogP contribution in [0.15, 0.2) is 23.0 Å². The third kappa shape index (κ3) is 2.57. The van der Waals surface area contributed by atoms with Gasteiger partial charge in [0, 0.05) is 25.1 Å². The highest BCUT2D eigenvalue weighted by Gasteiger charge is 2.40. The van der Waals surface area contributed by atoms with E-state index in [0.717, 1.165) is 19.3 Å². The summed E-state index contributed by atoms with van der Waals surface area (Å²) in [5, 5.41) is 3.51. The van der Waals surface area contributed by atoms with Crippen molar-refractivity contribution in [1.29, 1.82) is 0 Å². The van der Waals surface area contributed by atoms with Crippen molar-refractivity contribution in [3.05, 3.63) is 38.9 Å². The Morgan fingerprint density at radius 3 is 3.00 bits per heavy atom. The Morgan fingerprint density at radius 2 is 2.29 bits per heavy atom. The summed E-state index contributed by atoms with van der Waals surface area (Å²) in [6.07, 6.45) is 3.96. The van der Waals surface area contributed by atoms with Crippen LogP contribution in [0, 0.1) is 10.7 Å². The lowest BCUT2D eigenvalue weighted by Crippen LogP contribution is -2.33. The minimum absolute atomic E-state index is 0.139. The standard InChI is InChI=1S/C17H19N3O3S/c1-20-16(22)12-4-2-9(7-13(12)19-17(20)24)15(21)18-8-10-6-11-3-5-14(10)23-11/h2,4,7,10-11,14H,3,5-6,8H2,1H3,(H,18,21)(H,19,24). The van der Waals surface area contributed by atoms with Gasteiger partial charge in [0.25, 0.3) is 11.5 Å². The molecule has 2 aromatic rings. The van der Waals surface area contributed by atoms with Gasteiger partial charge in [-0.3, -0.25) is 14.2 Å². The summed E-state index contributed by atoms with van der Waals surface area (Å²) in [6, 6.07) is 5.02. The highest BCUT2D eigenvalue weighted by atomic mass is 32.1. The molecule has 3 atom stereocenters. The van der Waals surface area contributed by atoms with Gasteiger partial charge in [-0.2, -0.15) is 0 Å². The quantitative estimate of drug-likeness (QED) is 0.833. The second-order valence-corrected chi connectivity index (χ2v) is 7.02. The lowest BCUT2D eigenvalue weighted by molar-refractivity contribution is 0.0873. The number of nitrogens with zero attached hydrogens (tertiary/aromatic N) is 1. The first-order valence-corrected chi connectivity index (χ1v) is 8.60. The molecule has 3 unspecified atom stereocenters. The van der Waals surface area contributed by atoms with Gasteiger partial charge in [0.15, 0.2) is 4.77 Å². The average Bonchev–Trinajstić information content (AvgIpc) is 3.20. The third-order valence-corrected chi connectivity index (χ3v) is 5.50. The molecule has 1 amide bonds. The minimum Gasteiger partial charge on any atom is -0.375 e. The summed E-state index contributed by atoms with van der Waals surface area (Å²) in [5.41, 5.74) is 0.935. The van der Waals surface area contributed by atoms with E-state index >= 15 is 0 Å². The predicted octanol–water partition coefficient (Wildman–Crippen LogP) is 1.89. The van der Waals surface area contributed by atoms with Crippen molar-refractivity contribution in [3.8, 4) is 0 Å². The van der Waals surface area contributed by atoms with Crippen molar-refractivity contribution in [1.82, 2.24) is 14.9 Å². The molecule has 2 N–H and O–H groups in total. The van der Waals surface area contributed by atoms with Crippen LogP contribution in [0.3, 0.4) is 0 Å². The molecule has 0 radical (unpaired) electrons. The molecular formula is C17H19N3O3S. The fourth-order valence-electron chi connectivity index (χ4n) is 3.73. The van der Waals surface area contributed by atoms with Crippen molar-refractivity contribution in [3.63, 3.8) is 0 Å².